The quantitative estimate of drug-likeness (QED) is 0.787. The van der Waals surface area contributed by atoms with Gasteiger partial charge in [0.1, 0.15) is 5.69 Å². The second kappa shape index (κ2) is 4.45. The van der Waals surface area contributed by atoms with E-state index in [0.29, 0.717) is 15.9 Å². The van der Waals surface area contributed by atoms with Crippen LogP contribution in [0.3, 0.4) is 0 Å². The molecule has 0 bridgehead atoms. The lowest BCUT2D eigenvalue weighted by molar-refractivity contribution is 0.497. The Balaban J connectivity index is 2.44. The molecule has 0 radical (unpaired) electrons. The fourth-order valence-corrected chi connectivity index (χ4v) is 1.88. The van der Waals surface area contributed by atoms with E-state index < -0.39 is 0 Å². The van der Waals surface area contributed by atoms with Crippen molar-refractivity contribution in [1.82, 2.24) is 9.97 Å². The molecule has 2 rings (SSSR count). The number of rotatable bonds is 2. The third-order valence-electron chi connectivity index (χ3n) is 1.90. The van der Waals surface area contributed by atoms with Gasteiger partial charge in [0.05, 0.1) is 11.0 Å². The Morgan fingerprint density at radius 2 is 2.20 bits per heavy atom. The molecule has 0 aliphatic rings. The molecule has 0 aliphatic carbocycles. The van der Waals surface area contributed by atoms with Crippen LogP contribution in [0.5, 0.6) is 0 Å². The second-order valence-corrected chi connectivity index (χ2v) is 4.37. The highest BCUT2D eigenvalue weighted by molar-refractivity contribution is 9.10. The summed E-state index contributed by atoms with van der Waals surface area (Å²) in [4.78, 5) is 8.59. The minimum atomic E-state index is 0.595. The summed E-state index contributed by atoms with van der Waals surface area (Å²) in [5, 5.41) is 0.595. The molecule has 0 amide bonds. The van der Waals surface area contributed by atoms with Gasteiger partial charge >= 0.3 is 0 Å². The first-order valence-electron chi connectivity index (χ1n) is 4.35. The van der Waals surface area contributed by atoms with Crippen molar-refractivity contribution in [3.05, 3.63) is 34.5 Å². The van der Waals surface area contributed by atoms with Crippen LogP contribution in [0.25, 0.3) is 11.4 Å². The van der Waals surface area contributed by atoms with Crippen molar-refractivity contribution in [3.63, 3.8) is 0 Å². The average molecular weight is 332 g/mol. The van der Waals surface area contributed by atoms with Crippen LogP contribution in [0, 0.1) is 6.92 Å². The summed E-state index contributed by atoms with van der Waals surface area (Å²) >= 11 is 6.61. The lowest BCUT2D eigenvalue weighted by Gasteiger charge is -1.95. The van der Waals surface area contributed by atoms with Gasteiger partial charge in [0.15, 0.2) is 4.67 Å². The Hall–Kier alpha value is -0.680. The van der Waals surface area contributed by atoms with Gasteiger partial charge in [0.25, 0.3) is 0 Å². The van der Waals surface area contributed by atoms with Gasteiger partial charge < -0.3 is 4.42 Å². The minimum absolute atomic E-state index is 0.595. The molecule has 78 valence electrons. The van der Waals surface area contributed by atoms with Gasteiger partial charge in [-0.05, 0) is 34.5 Å². The maximum atomic E-state index is 5.37. The predicted octanol–water partition coefficient (Wildman–Crippen LogP) is 3.70. The molecule has 0 aromatic carbocycles. The number of hydrogen-bond donors (Lipinski definition) is 0. The van der Waals surface area contributed by atoms with Gasteiger partial charge in [0.2, 0.25) is 5.89 Å². The molecule has 2 heterocycles. The summed E-state index contributed by atoms with van der Waals surface area (Å²) in [5.41, 5.74) is 2.67. The predicted molar refractivity (Wildman–Crippen MR) is 64.8 cm³/mol. The highest BCUT2D eigenvalue weighted by Crippen LogP contribution is 2.27. The highest BCUT2D eigenvalue weighted by atomic mass is 79.9. The first-order valence-corrected chi connectivity index (χ1v) is 6.26. The van der Waals surface area contributed by atoms with Crippen molar-refractivity contribution in [3.8, 4) is 11.4 Å². The fraction of sp³-hybridized carbons (Fsp3) is 0.200. The van der Waals surface area contributed by atoms with Gasteiger partial charge in [-0.1, -0.05) is 22.0 Å². The molecule has 3 nitrogen and oxygen atoms in total. The third-order valence-corrected chi connectivity index (χ3v) is 2.92. The Kier molecular flexibility index (Phi) is 3.21. The van der Waals surface area contributed by atoms with Crippen molar-refractivity contribution in [1.29, 1.82) is 0 Å². The van der Waals surface area contributed by atoms with E-state index in [4.69, 9.17) is 4.42 Å². The third kappa shape index (κ3) is 2.29. The Bertz CT molecular complexity index is 465. The van der Waals surface area contributed by atoms with Crippen molar-refractivity contribution in [2.45, 2.75) is 12.3 Å². The molecular weight excluding hydrogens is 324 g/mol. The SMILES string of the molecule is Cc1ccc(-c2nc(CBr)oc2Br)nc1. The van der Waals surface area contributed by atoms with Crippen LogP contribution in [-0.4, -0.2) is 9.97 Å². The normalized spacial score (nSPS) is 10.6. The zero-order chi connectivity index (χ0) is 10.8. The van der Waals surface area contributed by atoms with Crippen LogP contribution < -0.4 is 0 Å². The lowest BCUT2D eigenvalue weighted by atomic mass is 10.2. The van der Waals surface area contributed by atoms with Crippen molar-refractivity contribution in [2.24, 2.45) is 0 Å². The molecule has 0 spiro atoms. The van der Waals surface area contributed by atoms with Crippen LogP contribution in [-0.2, 0) is 5.33 Å². The van der Waals surface area contributed by atoms with Gasteiger partial charge in [0, 0.05) is 6.20 Å². The summed E-state index contributed by atoms with van der Waals surface area (Å²) < 4.78 is 5.99. The molecule has 0 atom stereocenters. The highest BCUT2D eigenvalue weighted by Gasteiger charge is 2.12. The molecular formula is C10H8Br2N2O. The Morgan fingerprint density at radius 3 is 2.73 bits per heavy atom. The number of oxazole rings is 1. The molecule has 0 saturated heterocycles. The van der Waals surface area contributed by atoms with E-state index in [-0.39, 0.29) is 0 Å². The van der Waals surface area contributed by atoms with Crippen molar-refractivity contribution in [2.75, 3.05) is 0 Å². The van der Waals surface area contributed by atoms with Gasteiger partial charge in [-0.25, -0.2) is 4.98 Å². The molecule has 15 heavy (non-hydrogen) atoms. The van der Waals surface area contributed by atoms with Crippen LogP contribution >= 0.6 is 31.9 Å². The maximum absolute atomic E-state index is 5.37. The standard InChI is InChI=1S/C10H8Br2N2O/c1-6-2-3-7(13-5-6)9-10(12)15-8(4-11)14-9/h2-3,5H,4H2,1H3. The van der Waals surface area contributed by atoms with Gasteiger partial charge in [-0.3, -0.25) is 4.98 Å². The number of nitrogens with zero attached hydrogens (tertiary/aromatic N) is 2. The summed E-state index contributed by atoms with van der Waals surface area (Å²) in [7, 11) is 0. The fourth-order valence-electron chi connectivity index (χ4n) is 1.17. The zero-order valence-corrected chi connectivity index (χ0v) is 11.2. The number of pyridine rings is 1. The summed E-state index contributed by atoms with van der Waals surface area (Å²) in [6.07, 6.45) is 1.81. The Morgan fingerprint density at radius 1 is 1.40 bits per heavy atom. The van der Waals surface area contributed by atoms with E-state index in [9.17, 15) is 0 Å². The summed E-state index contributed by atoms with van der Waals surface area (Å²) in [6, 6.07) is 3.92. The zero-order valence-electron chi connectivity index (χ0n) is 8.00. The molecule has 0 fully saturated rings. The molecule has 0 aliphatic heterocycles. The molecule has 0 N–H and O–H groups in total. The number of alkyl halides is 1. The number of hydrogen-bond acceptors (Lipinski definition) is 3. The van der Waals surface area contributed by atoms with Crippen LogP contribution in [0.2, 0.25) is 0 Å². The molecule has 2 aromatic rings. The van der Waals surface area contributed by atoms with E-state index in [0.717, 1.165) is 17.0 Å². The topological polar surface area (TPSA) is 38.9 Å². The first-order chi connectivity index (χ1) is 7.20. The number of aryl methyl sites for hydroxylation is 1. The van der Waals surface area contributed by atoms with Crippen molar-refractivity contribution < 1.29 is 4.42 Å². The van der Waals surface area contributed by atoms with Crippen molar-refractivity contribution >= 4 is 31.9 Å². The monoisotopic (exact) mass is 330 g/mol. The Labute approximate surface area is 104 Å². The molecule has 5 heteroatoms. The number of aromatic nitrogens is 2. The molecule has 0 unspecified atom stereocenters. The van der Waals surface area contributed by atoms with Gasteiger partial charge in [-0.15, -0.1) is 0 Å². The van der Waals surface area contributed by atoms with E-state index in [2.05, 4.69) is 41.8 Å². The first kappa shape index (κ1) is 10.8. The second-order valence-electron chi connectivity index (χ2n) is 3.08. The summed E-state index contributed by atoms with van der Waals surface area (Å²) in [5.74, 6) is 0.638. The van der Waals surface area contributed by atoms with Crippen LogP contribution in [0.1, 0.15) is 11.5 Å². The minimum Gasteiger partial charge on any atom is -0.432 e. The molecule has 2 aromatic heterocycles. The van der Waals surface area contributed by atoms with E-state index in [1.54, 1.807) is 0 Å². The molecule has 0 saturated carbocycles. The van der Waals surface area contributed by atoms with E-state index >= 15 is 0 Å². The largest absolute Gasteiger partial charge is 0.432 e. The van der Waals surface area contributed by atoms with E-state index in [1.165, 1.54) is 0 Å². The number of halogens is 2. The maximum Gasteiger partial charge on any atom is 0.207 e. The average Bonchev–Trinajstić information content (AvgIpc) is 2.61. The van der Waals surface area contributed by atoms with E-state index in [1.807, 2.05) is 25.3 Å². The smallest absolute Gasteiger partial charge is 0.207 e. The summed E-state index contributed by atoms with van der Waals surface area (Å²) in [6.45, 7) is 2.00. The lowest BCUT2D eigenvalue weighted by Crippen LogP contribution is -1.85. The van der Waals surface area contributed by atoms with Crippen LogP contribution in [0.15, 0.2) is 27.4 Å². The van der Waals surface area contributed by atoms with Gasteiger partial charge in [-0.2, -0.15) is 0 Å². The van der Waals surface area contributed by atoms with Crippen LogP contribution in [0.4, 0.5) is 0 Å².